The highest BCUT2D eigenvalue weighted by molar-refractivity contribution is 9.10. The maximum absolute atomic E-state index is 9.50. The van der Waals surface area contributed by atoms with Gasteiger partial charge in [-0.15, -0.1) is 0 Å². The Kier molecular flexibility index (Phi) is 2.98. The molecule has 2 aromatic rings. The fraction of sp³-hybridized carbons (Fsp3) is 0. The Balaban J connectivity index is 2.64. The molecule has 0 radical (unpaired) electrons. The smallest absolute Gasteiger partial charge is 0.231 e. The molecule has 0 fully saturated rings. The van der Waals surface area contributed by atoms with Gasteiger partial charge in [0.25, 0.3) is 0 Å². The summed E-state index contributed by atoms with van der Waals surface area (Å²) in [5.74, 6) is -0.182. The molecule has 1 aromatic carbocycles. The van der Waals surface area contributed by atoms with Crippen molar-refractivity contribution in [2.75, 3.05) is 5.73 Å². The average molecular weight is 301 g/mol. The van der Waals surface area contributed by atoms with Gasteiger partial charge in [-0.25, -0.2) is 4.98 Å². The molecule has 0 aliphatic carbocycles. The number of hydrogen-bond donors (Lipinski definition) is 2. The van der Waals surface area contributed by atoms with E-state index in [0.717, 1.165) is 5.56 Å². The minimum absolute atomic E-state index is 0.00988. The van der Waals surface area contributed by atoms with E-state index in [0.29, 0.717) is 15.2 Å². The van der Waals surface area contributed by atoms with Crippen LogP contribution in [0.3, 0.4) is 0 Å². The third-order valence-electron chi connectivity index (χ3n) is 1.95. The van der Waals surface area contributed by atoms with Gasteiger partial charge in [0.15, 0.2) is 0 Å². The first-order chi connectivity index (χ1) is 7.58. The molecule has 3 N–H and O–H groups in total. The average Bonchev–Trinajstić information content (AvgIpc) is 2.23. The number of anilines is 1. The zero-order chi connectivity index (χ0) is 11.7. The molecule has 0 atom stereocenters. The topological polar surface area (TPSA) is 72.0 Å². The summed E-state index contributed by atoms with van der Waals surface area (Å²) in [5.41, 5.74) is 6.73. The van der Waals surface area contributed by atoms with E-state index in [2.05, 4.69) is 25.9 Å². The van der Waals surface area contributed by atoms with Gasteiger partial charge in [-0.1, -0.05) is 23.7 Å². The molecule has 0 amide bonds. The molecule has 16 heavy (non-hydrogen) atoms. The van der Waals surface area contributed by atoms with Gasteiger partial charge in [-0.3, -0.25) is 0 Å². The van der Waals surface area contributed by atoms with Crippen LogP contribution in [0.25, 0.3) is 11.3 Å². The standard InChI is InChI=1S/C10H7BrClN3O/c11-7-8(14-10(13)15-9(7)16)5-2-1-3-6(12)4-5/h1-4H,(H3,13,14,15,16). The largest absolute Gasteiger partial charge is 0.492 e. The number of rotatable bonds is 1. The molecule has 0 unspecified atom stereocenters. The molecule has 4 nitrogen and oxygen atoms in total. The van der Waals surface area contributed by atoms with E-state index in [1.54, 1.807) is 18.2 Å². The molecule has 0 aliphatic rings. The predicted molar refractivity (Wildman–Crippen MR) is 66.3 cm³/mol. The van der Waals surface area contributed by atoms with Crippen molar-refractivity contribution in [2.45, 2.75) is 0 Å². The van der Waals surface area contributed by atoms with Gasteiger partial charge in [0.2, 0.25) is 11.8 Å². The van der Waals surface area contributed by atoms with Crippen LogP contribution in [0, 0.1) is 0 Å². The Bertz CT molecular complexity index is 548. The highest BCUT2D eigenvalue weighted by Crippen LogP contribution is 2.33. The molecular formula is C10H7BrClN3O. The second-order valence-electron chi connectivity index (χ2n) is 3.08. The van der Waals surface area contributed by atoms with Crippen molar-refractivity contribution < 1.29 is 5.11 Å². The number of nitrogens with two attached hydrogens (primary N) is 1. The molecule has 2 rings (SSSR count). The molecule has 0 saturated heterocycles. The van der Waals surface area contributed by atoms with Crippen LogP contribution in [0.15, 0.2) is 28.7 Å². The Labute approximate surface area is 105 Å². The summed E-state index contributed by atoms with van der Waals surface area (Å²) >= 11 is 9.08. The van der Waals surface area contributed by atoms with Gasteiger partial charge < -0.3 is 10.8 Å². The number of nitrogen functional groups attached to an aromatic ring is 1. The molecular weight excluding hydrogens is 293 g/mol. The van der Waals surface area contributed by atoms with Crippen LogP contribution in [0.1, 0.15) is 0 Å². The van der Waals surface area contributed by atoms with Gasteiger partial charge in [-0.05, 0) is 28.1 Å². The van der Waals surface area contributed by atoms with Crippen molar-refractivity contribution in [3.8, 4) is 17.1 Å². The first-order valence-corrected chi connectivity index (χ1v) is 5.53. The van der Waals surface area contributed by atoms with E-state index < -0.39 is 0 Å². The van der Waals surface area contributed by atoms with Crippen LogP contribution >= 0.6 is 27.5 Å². The summed E-state index contributed by atoms with van der Waals surface area (Å²) in [6.45, 7) is 0. The van der Waals surface area contributed by atoms with Crippen LogP contribution in [0.2, 0.25) is 5.02 Å². The lowest BCUT2D eigenvalue weighted by Gasteiger charge is -2.06. The van der Waals surface area contributed by atoms with Crippen LogP contribution in [0.5, 0.6) is 5.88 Å². The minimum Gasteiger partial charge on any atom is -0.492 e. The third kappa shape index (κ3) is 2.10. The minimum atomic E-state index is -0.192. The number of halogens is 2. The van der Waals surface area contributed by atoms with Gasteiger partial charge in [0.05, 0.1) is 5.69 Å². The summed E-state index contributed by atoms with van der Waals surface area (Å²) in [7, 11) is 0. The Hall–Kier alpha value is -1.33. The van der Waals surface area contributed by atoms with Crippen LogP contribution in [-0.2, 0) is 0 Å². The summed E-state index contributed by atoms with van der Waals surface area (Å²) < 4.78 is 0.393. The highest BCUT2D eigenvalue weighted by Gasteiger charge is 2.12. The lowest BCUT2D eigenvalue weighted by Crippen LogP contribution is -1.97. The molecule has 1 aromatic heterocycles. The maximum atomic E-state index is 9.50. The maximum Gasteiger partial charge on any atom is 0.231 e. The van der Waals surface area contributed by atoms with Crippen molar-refractivity contribution in [3.63, 3.8) is 0 Å². The van der Waals surface area contributed by atoms with Crippen molar-refractivity contribution in [1.29, 1.82) is 0 Å². The van der Waals surface area contributed by atoms with E-state index in [-0.39, 0.29) is 11.8 Å². The molecule has 6 heteroatoms. The number of hydrogen-bond acceptors (Lipinski definition) is 4. The normalized spacial score (nSPS) is 10.4. The summed E-state index contributed by atoms with van der Waals surface area (Å²) in [4.78, 5) is 7.67. The second kappa shape index (κ2) is 4.27. The number of aromatic hydroxyl groups is 1. The number of benzene rings is 1. The van der Waals surface area contributed by atoms with Crippen LogP contribution < -0.4 is 5.73 Å². The fourth-order valence-electron chi connectivity index (χ4n) is 1.28. The molecule has 0 spiro atoms. The number of nitrogens with zero attached hydrogens (tertiary/aromatic N) is 2. The van der Waals surface area contributed by atoms with Crippen LogP contribution in [-0.4, -0.2) is 15.1 Å². The van der Waals surface area contributed by atoms with Gasteiger partial charge >= 0.3 is 0 Å². The Morgan fingerprint density at radius 3 is 2.75 bits per heavy atom. The molecule has 1 heterocycles. The zero-order valence-corrected chi connectivity index (χ0v) is 10.3. The fourth-order valence-corrected chi connectivity index (χ4v) is 1.88. The monoisotopic (exact) mass is 299 g/mol. The summed E-state index contributed by atoms with van der Waals surface area (Å²) in [5, 5.41) is 10.1. The Morgan fingerprint density at radius 2 is 2.06 bits per heavy atom. The van der Waals surface area contributed by atoms with E-state index in [4.69, 9.17) is 17.3 Å². The van der Waals surface area contributed by atoms with E-state index in [1.807, 2.05) is 6.07 Å². The van der Waals surface area contributed by atoms with Gasteiger partial charge in [-0.2, -0.15) is 4.98 Å². The van der Waals surface area contributed by atoms with Crippen molar-refractivity contribution in [3.05, 3.63) is 33.8 Å². The third-order valence-corrected chi connectivity index (χ3v) is 2.91. The first-order valence-electron chi connectivity index (χ1n) is 4.36. The lowest BCUT2D eigenvalue weighted by atomic mass is 10.1. The summed E-state index contributed by atoms with van der Waals surface area (Å²) in [6, 6.07) is 7.09. The Morgan fingerprint density at radius 1 is 1.31 bits per heavy atom. The van der Waals surface area contributed by atoms with Crippen molar-refractivity contribution in [1.82, 2.24) is 9.97 Å². The lowest BCUT2D eigenvalue weighted by molar-refractivity contribution is 0.450. The van der Waals surface area contributed by atoms with Crippen molar-refractivity contribution >= 4 is 33.5 Å². The van der Waals surface area contributed by atoms with E-state index >= 15 is 0 Å². The predicted octanol–water partition coefficient (Wildman–Crippen LogP) is 2.85. The molecule has 0 bridgehead atoms. The first kappa shape index (κ1) is 11.2. The quantitative estimate of drug-likeness (QED) is 0.849. The van der Waals surface area contributed by atoms with Gasteiger partial charge in [0, 0.05) is 10.6 Å². The second-order valence-corrected chi connectivity index (χ2v) is 4.31. The van der Waals surface area contributed by atoms with E-state index in [1.165, 1.54) is 0 Å². The van der Waals surface area contributed by atoms with Crippen molar-refractivity contribution in [2.24, 2.45) is 0 Å². The van der Waals surface area contributed by atoms with Crippen LogP contribution in [0.4, 0.5) is 5.95 Å². The zero-order valence-electron chi connectivity index (χ0n) is 7.98. The SMILES string of the molecule is Nc1nc(O)c(Br)c(-c2cccc(Cl)c2)n1. The molecule has 0 aliphatic heterocycles. The summed E-state index contributed by atoms with van der Waals surface area (Å²) in [6.07, 6.45) is 0. The number of aromatic nitrogens is 2. The molecule has 82 valence electrons. The van der Waals surface area contributed by atoms with Gasteiger partial charge in [0.1, 0.15) is 4.47 Å². The molecule has 0 saturated carbocycles. The highest BCUT2D eigenvalue weighted by atomic mass is 79.9. The van der Waals surface area contributed by atoms with E-state index in [9.17, 15) is 5.11 Å².